The Morgan fingerprint density at radius 2 is 1.28 bits per heavy atom. The Labute approximate surface area is 174 Å². The summed E-state index contributed by atoms with van der Waals surface area (Å²) in [7, 11) is 0. The molecule has 0 atom stereocenters. The molecule has 0 bridgehead atoms. The highest BCUT2D eigenvalue weighted by Gasteiger charge is 2.45. The van der Waals surface area contributed by atoms with Crippen LogP contribution < -0.4 is 5.32 Å². The van der Waals surface area contributed by atoms with E-state index in [9.17, 15) is 59.7 Å². The van der Waals surface area contributed by atoms with Crippen LogP contribution in [0, 0.1) is 20.2 Å². The molecule has 0 fully saturated rings. The lowest BCUT2D eigenvalue weighted by Crippen LogP contribution is -2.18. The Kier molecular flexibility index (Phi) is 6.24. The average molecular weight is 498 g/mol. The largest absolute Gasteiger partial charge is 0.419 e. The van der Waals surface area contributed by atoms with Crippen molar-refractivity contribution in [2.24, 2.45) is 0 Å². The van der Waals surface area contributed by atoms with Crippen molar-refractivity contribution in [1.29, 1.82) is 0 Å². The topological polar surface area (TPSA) is 98.3 Å². The maximum absolute atomic E-state index is 13.4. The number of non-ortho nitro benzene ring substituents is 1. The highest BCUT2D eigenvalue weighted by molar-refractivity contribution is 6.32. The lowest BCUT2D eigenvalue weighted by atomic mass is 10.0. The van der Waals surface area contributed by atoms with E-state index in [0.717, 1.165) is 0 Å². The van der Waals surface area contributed by atoms with Gasteiger partial charge in [-0.2, -0.15) is 39.5 Å². The number of anilines is 2. The normalized spacial score (nSPS) is 12.6. The fourth-order valence-electron chi connectivity index (χ4n) is 2.56. The predicted octanol–water partition coefficient (Wildman–Crippen LogP) is 6.96. The molecule has 0 saturated carbocycles. The smallest absolute Gasteiger partial charge is 0.348 e. The number of hydrogen-bond acceptors (Lipinski definition) is 5. The third kappa shape index (κ3) is 4.95. The second-order valence-electron chi connectivity index (χ2n) is 5.86. The number of benzene rings is 2. The van der Waals surface area contributed by atoms with E-state index in [-0.39, 0.29) is 24.3 Å². The van der Waals surface area contributed by atoms with Crippen molar-refractivity contribution in [2.45, 2.75) is 18.5 Å². The van der Waals surface area contributed by atoms with E-state index in [2.05, 4.69) is 0 Å². The summed E-state index contributed by atoms with van der Waals surface area (Å²) in [4.78, 5) is 18.9. The SMILES string of the molecule is O=[N+]([O-])c1cc([N+](=O)[O-])c(Nc2c(C(F)(F)F)ccc(Cl)c2C(F)(F)F)c(C(F)(F)F)c1. The van der Waals surface area contributed by atoms with Crippen molar-refractivity contribution in [3.8, 4) is 0 Å². The number of nitrogens with zero attached hydrogens (tertiary/aromatic N) is 2. The van der Waals surface area contributed by atoms with Gasteiger partial charge in [-0.3, -0.25) is 20.2 Å². The van der Waals surface area contributed by atoms with Gasteiger partial charge in [0.15, 0.2) is 0 Å². The fourth-order valence-corrected chi connectivity index (χ4v) is 2.83. The van der Waals surface area contributed by atoms with Gasteiger partial charge in [0.05, 0.1) is 43.3 Å². The maximum atomic E-state index is 13.4. The molecule has 32 heavy (non-hydrogen) atoms. The van der Waals surface area contributed by atoms with Gasteiger partial charge in [0, 0.05) is 6.07 Å². The first kappa shape index (κ1) is 25.0. The van der Waals surface area contributed by atoms with Crippen molar-refractivity contribution < 1.29 is 49.4 Å². The van der Waals surface area contributed by atoms with Gasteiger partial charge in [0.25, 0.3) is 11.4 Å². The molecule has 0 aromatic heterocycles. The minimum Gasteiger partial charge on any atom is -0.348 e. The molecule has 0 aliphatic rings. The summed E-state index contributed by atoms with van der Waals surface area (Å²) in [6, 6.07) is -0.124. The van der Waals surface area contributed by atoms with Gasteiger partial charge < -0.3 is 5.32 Å². The summed E-state index contributed by atoms with van der Waals surface area (Å²) in [5, 5.41) is 21.8. The Morgan fingerprint density at radius 1 is 0.750 bits per heavy atom. The second-order valence-corrected chi connectivity index (χ2v) is 6.27. The molecule has 2 rings (SSSR count). The van der Waals surface area contributed by atoms with E-state index in [4.69, 9.17) is 11.6 Å². The summed E-state index contributed by atoms with van der Waals surface area (Å²) in [6.07, 6.45) is -16.9. The molecule has 0 unspecified atom stereocenters. The minimum atomic E-state index is -5.66. The molecule has 0 heterocycles. The molecule has 0 aliphatic heterocycles. The average Bonchev–Trinajstić information content (AvgIpc) is 2.58. The van der Waals surface area contributed by atoms with Gasteiger partial charge in [-0.1, -0.05) is 11.6 Å². The third-order valence-corrected chi connectivity index (χ3v) is 4.12. The third-order valence-electron chi connectivity index (χ3n) is 3.81. The van der Waals surface area contributed by atoms with Crippen LogP contribution in [0.2, 0.25) is 5.02 Å². The van der Waals surface area contributed by atoms with Gasteiger partial charge in [0.2, 0.25) is 0 Å². The maximum Gasteiger partial charge on any atom is 0.419 e. The van der Waals surface area contributed by atoms with Crippen LogP contribution in [0.3, 0.4) is 0 Å². The molecule has 7 nitrogen and oxygen atoms in total. The van der Waals surface area contributed by atoms with E-state index in [1.807, 2.05) is 0 Å². The van der Waals surface area contributed by atoms with E-state index < -0.39 is 72.8 Å². The zero-order valence-corrected chi connectivity index (χ0v) is 15.4. The van der Waals surface area contributed by atoms with Gasteiger partial charge in [-0.05, 0) is 12.1 Å². The van der Waals surface area contributed by atoms with Crippen LogP contribution in [0.1, 0.15) is 16.7 Å². The highest BCUT2D eigenvalue weighted by Crippen LogP contribution is 2.50. The molecule has 0 amide bonds. The van der Waals surface area contributed by atoms with Crippen molar-refractivity contribution in [2.75, 3.05) is 5.32 Å². The number of halogens is 10. The molecule has 1 N–H and O–H groups in total. The van der Waals surface area contributed by atoms with Crippen LogP contribution in [-0.2, 0) is 18.5 Å². The summed E-state index contributed by atoms with van der Waals surface area (Å²) >= 11 is 5.33. The van der Waals surface area contributed by atoms with Crippen LogP contribution in [-0.4, -0.2) is 9.85 Å². The molecule has 2 aromatic rings. The monoisotopic (exact) mass is 497 g/mol. The molecular weight excluding hydrogens is 493 g/mol. The molecule has 2 aromatic carbocycles. The lowest BCUT2D eigenvalue weighted by Gasteiger charge is -2.22. The standard InChI is InChI=1S/C15H5ClF9N3O4/c16-8-2-1-6(13(17,18)19)12(10(8)15(23,24)25)26-11-7(14(20,21)22)3-5(27(29)30)4-9(11)28(31)32/h1-4,26H. The zero-order valence-electron chi connectivity index (χ0n) is 14.6. The number of hydrogen-bond donors (Lipinski definition) is 1. The first-order valence-corrected chi connectivity index (χ1v) is 8.01. The highest BCUT2D eigenvalue weighted by atomic mass is 35.5. The molecule has 0 radical (unpaired) electrons. The number of nitro benzene ring substituents is 2. The second kappa shape index (κ2) is 7.99. The fraction of sp³-hybridized carbons (Fsp3) is 0.200. The zero-order chi connectivity index (χ0) is 24.8. The summed E-state index contributed by atoms with van der Waals surface area (Å²) in [5.74, 6) is 0. The lowest BCUT2D eigenvalue weighted by molar-refractivity contribution is -0.394. The summed E-state index contributed by atoms with van der Waals surface area (Å²) in [5.41, 5.74) is -13.9. The van der Waals surface area contributed by atoms with E-state index in [1.165, 1.54) is 5.32 Å². The van der Waals surface area contributed by atoms with Crippen molar-refractivity contribution in [3.63, 3.8) is 0 Å². The van der Waals surface area contributed by atoms with Gasteiger partial charge >= 0.3 is 18.5 Å². The number of nitro groups is 2. The molecule has 0 spiro atoms. The van der Waals surface area contributed by atoms with Gasteiger partial charge in [0.1, 0.15) is 5.69 Å². The van der Waals surface area contributed by atoms with E-state index in [1.54, 1.807) is 0 Å². The Morgan fingerprint density at radius 3 is 1.69 bits per heavy atom. The van der Waals surface area contributed by atoms with Crippen LogP contribution in [0.25, 0.3) is 0 Å². The molecule has 0 aliphatic carbocycles. The van der Waals surface area contributed by atoms with Crippen LogP contribution >= 0.6 is 11.6 Å². The molecule has 17 heteroatoms. The number of alkyl halides is 9. The van der Waals surface area contributed by atoms with E-state index in [0.29, 0.717) is 0 Å². The first-order chi connectivity index (χ1) is 14.4. The Balaban J connectivity index is 3.01. The van der Waals surface area contributed by atoms with Crippen molar-refractivity contribution in [1.82, 2.24) is 0 Å². The summed E-state index contributed by atoms with van der Waals surface area (Å²) in [6.45, 7) is 0. The van der Waals surface area contributed by atoms with Crippen LogP contribution in [0.5, 0.6) is 0 Å². The number of rotatable bonds is 4. The van der Waals surface area contributed by atoms with E-state index >= 15 is 0 Å². The van der Waals surface area contributed by atoms with Crippen molar-refractivity contribution in [3.05, 3.63) is 66.2 Å². The molecule has 174 valence electrons. The van der Waals surface area contributed by atoms with Crippen LogP contribution in [0.4, 0.5) is 62.3 Å². The van der Waals surface area contributed by atoms with Gasteiger partial charge in [-0.25, -0.2) is 0 Å². The van der Waals surface area contributed by atoms with Crippen molar-refractivity contribution >= 4 is 34.4 Å². The first-order valence-electron chi connectivity index (χ1n) is 7.63. The Hall–Kier alpha value is -3.30. The quantitative estimate of drug-likeness (QED) is 0.280. The molecular formula is C15H5ClF9N3O4. The number of nitrogens with one attached hydrogen (secondary N) is 1. The predicted molar refractivity (Wildman–Crippen MR) is 89.5 cm³/mol. The Bertz CT molecular complexity index is 1100. The van der Waals surface area contributed by atoms with Crippen LogP contribution in [0.15, 0.2) is 24.3 Å². The summed E-state index contributed by atoms with van der Waals surface area (Å²) < 4.78 is 120. The molecule has 0 saturated heterocycles. The minimum absolute atomic E-state index is 0.0182. The van der Waals surface area contributed by atoms with Gasteiger partial charge in [-0.15, -0.1) is 0 Å².